The molecule has 6 nitrogen and oxygen atoms in total. The maximum Gasteiger partial charge on any atom is 0.673 e. The molecule has 0 N–H and O–H groups in total. The van der Waals surface area contributed by atoms with E-state index in [2.05, 4.69) is 9.96 Å². The molecule has 0 radical (unpaired) electrons. The molecule has 1 heterocycles. The van der Waals surface area contributed by atoms with E-state index in [1.165, 1.54) is 18.3 Å². The summed E-state index contributed by atoms with van der Waals surface area (Å²) in [5.74, 6) is -0.449. The van der Waals surface area contributed by atoms with E-state index in [9.17, 15) is 27.4 Å². The molecule has 0 aliphatic heterocycles. The van der Waals surface area contributed by atoms with Crippen molar-refractivity contribution in [3.63, 3.8) is 0 Å². The number of halogens is 4. The zero-order valence-electron chi connectivity index (χ0n) is 7.43. The number of hydrogen-bond acceptors (Lipinski definition) is 4. The van der Waals surface area contributed by atoms with Crippen LogP contribution in [0.3, 0.4) is 0 Å². The highest BCUT2D eigenvalue weighted by atomic mass is 19.5. The molecule has 0 aromatic carbocycles. The van der Waals surface area contributed by atoms with Crippen molar-refractivity contribution >= 4 is 18.8 Å². The lowest BCUT2D eigenvalue weighted by molar-refractivity contribution is -0.388. The number of diazo groups is 1. The van der Waals surface area contributed by atoms with Gasteiger partial charge in [0.15, 0.2) is 4.98 Å². The molecule has 0 aliphatic rings. The third kappa shape index (κ3) is 6.25. The average Bonchev–Trinajstić information content (AvgIpc) is 2.15. The van der Waals surface area contributed by atoms with Gasteiger partial charge in [0.1, 0.15) is 6.20 Å². The Balaban J connectivity index is 0.000000385. The van der Waals surface area contributed by atoms with Crippen LogP contribution in [0.15, 0.2) is 18.3 Å². The Morgan fingerprint density at radius 2 is 1.94 bits per heavy atom. The van der Waals surface area contributed by atoms with Crippen molar-refractivity contribution in [2.45, 2.75) is 0 Å². The zero-order chi connectivity index (χ0) is 12.8. The Morgan fingerprint density at radius 1 is 1.44 bits per heavy atom. The molecule has 11 heteroatoms. The van der Waals surface area contributed by atoms with Crippen LogP contribution in [0.4, 0.5) is 28.8 Å². The van der Waals surface area contributed by atoms with Gasteiger partial charge in [-0.15, -0.1) is 0 Å². The maximum atomic E-state index is 10.2. The van der Waals surface area contributed by atoms with Crippen LogP contribution in [-0.4, -0.2) is 17.2 Å². The van der Waals surface area contributed by atoms with E-state index in [1.807, 2.05) is 0 Å². The van der Waals surface area contributed by atoms with Crippen molar-refractivity contribution in [2.24, 2.45) is 0 Å². The molecular weight excluding hydrogens is 235 g/mol. The largest absolute Gasteiger partial charge is 0.673 e. The van der Waals surface area contributed by atoms with Gasteiger partial charge < -0.3 is 27.4 Å². The highest BCUT2D eigenvalue weighted by molar-refractivity contribution is 6.50. The summed E-state index contributed by atoms with van der Waals surface area (Å²) in [5.41, 5.74) is -0.141. The molecular formula is C5H3BF4N4O2. The number of nitrogens with zero attached hydrogens (tertiary/aromatic N) is 4. The van der Waals surface area contributed by atoms with Crippen molar-refractivity contribution in [1.82, 2.24) is 4.98 Å². The molecule has 0 fully saturated rings. The lowest BCUT2D eigenvalue weighted by Crippen LogP contribution is -2.02. The first kappa shape index (κ1) is 13.8. The van der Waals surface area contributed by atoms with Crippen LogP contribution in [0.5, 0.6) is 0 Å². The van der Waals surface area contributed by atoms with Gasteiger partial charge in [-0.3, -0.25) is 0 Å². The van der Waals surface area contributed by atoms with E-state index in [0.29, 0.717) is 0 Å². The Morgan fingerprint density at radius 3 is 2.25 bits per heavy atom. The molecule has 1 aromatic rings. The van der Waals surface area contributed by atoms with Crippen molar-refractivity contribution in [1.29, 1.82) is 5.39 Å². The number of hydrogen-bond donors (Lipinski definition) is 0. The number of rotatable bonds is 1. The van der Waals surface area contributed by atoms with E-state index in [4.69, 9.17) is 5.39 Å². The van der Waals surface area contributed by atoms with E-state index in [1.54, 1.807) is 0 Å². The maximum absolute atomic E-state index is 10.2. The molecule has 1 aromatic heterocycles. The first-order valence-corrected chi connectivity index (χ1v) is 3.57. The van der Waals surface area contributed by atoms with Crippen LogP contribution < -0.4 is 0 Å². The summed E-state index contributed by atoms with van der Waals surface area (Å²) >= 11 is 0. The third-order valence-electron chi connectivity index (χ3n) is 1.05. The van der Waals surface area contributed by atoms with Crippen molar-refractivity contribution in [3.8, 4) is 0 Å². The topological polar surface area (TPSA) is 84.2 Å². The van der Waals surface area contributed by atoms with Gasteiger partial charge in [0.25, 0.3) is 0 Å². The minimum atomic E-state index is -6.00. The lowest BCUT2D eigenvalue weighted by atomic mass is 10.3. The summed E-state index contributed by atoms with van der Waals surface area (Å²) in [4.78, 5) is 15.5. The summed E-state index contributed by atoms with van der Waals surface area (Å²) in [7, 11) is -6.00. The summed E-state index contributed by atoms with van der Waals surface area (Å²) in [6, 6.07) is 2.74. The van der Waals surface area contributed by atoms with Crippen LogP contribution in [0.1, 0.15) is 0 Å². The lowest BCUT2D eigenvalue weighted by Gasteiger charge is -1.94. The van der Waals surface area contributed by atoms with Gasteiger partial charge in [-0.25, -0.2) is 0 Å². The van der Waals surface area contributed by atoms with E-state index in [0.717, 1.165) is 0 Å². The highest BCUT2D eigenvalue weighted by Crippen LogP contribution is 2.22. The molecule has 0 saturated carbocycles. The summed E-state index contributed by atoms with van der Waals surface area (Å²) in [6.45, 7) is 0. The van der Waals surface area contributed by atoms with Crippen molar-refractivity contribution in [2.75, 3.05) is 0 Å². The number of nitro groups is 1. The molecule has 1 rings (SSSR count). The smallest absolute Gasteiger partial charge is 0.418 e. The standard InChI is InChI=1S/C5H3N4O2.BF4/c6-8-4-2-1-3-7-5(4)9(10)11;2-1(3,4)5/h1-3H;/q+1;-1. The molecule has 0 bridgehead atoms. The second-order valence-corrected chi connectivity index (χ2v) is 2.20. The Kier molecular flexibility index (Phi) is 4.81. The molecule has 0 spiro atoms. The molecule has 0 saturated heterocycles. The molecule has 0 aliphatic carbocycles. The first-order chi connectivity index (χ1) is 7.25. The monoisotopic (exact) mass is 238 g/mol. The average molecular weight is 238 g/mol. The first-order valence-electron chi connectivity index (χ1n) is 3.57. The Labute approximate surface area is 85.8 Å². The minimum absolute atomic E-state index is 0.141. The van der Waals surface area contributed by atoms with Gasteiger partial charge in [-0.2, -0.15) is 0 Å². The zero-order valence-corrected chi connectivity index (χ0v) is 7.43. The SMILES string of the molecule is F[B-](F)(F)F.N#[N+]c1cccnc1[N+](=O)[O-]. The van der Waals surface area contributed by atoms with Crippen LogP contribution in [0, 0.1) is 15.5 Å². The van der Waals surface area contributed by atoms with Crippen LogP contribution >= 0.6 is 0 Å². The molecule has 0 unspecified atom stereocenters. The predicted molar refractivity (Wildman–Crippen MR) is 45.8 cm³/mol. The fourth-order valence-corrected chi connectivity index (χ4v) is 0.607. The summed E-state index contributed by atoms with van der Waals surface area (Å²) in [5, 5.41) is 18.4. The predicted octanol–water partition coefficient (Wildman–Crippen LogP) is 2.77. The van der Waals surface area contributed by atoms with Gasteiger partial charge >= 0.3 is 18.8 Å². The summed E-state index contributed by atoms with van der Waals surface area (Å²) in [6.07, 6.45) is 1.26. The molecule has 0 amide bonds. The van der Waals surface area contributed by atoms with E-state index >= 15 is 0 Å². The quantitative estimate of drug-likeness (QED) is 0.247. The fraction of sp³-hybridized carbons (Fsp3) is 0. The fourth-order valence-electron chi connectivity index (χ4n) is 0.607. The van der Waals surface area contributed by atoms with E-state index in [-0.39, 0.29) is 5.69 Å². The van der Waals surface area contributed by atoms with Crippen LogP contribution in [0.2, 0.25) is 0 Å². The summed E-state index contributed by atoms with van der Waals surface area (Å²) < 4.78 is 39.0. The normalized spacial score (nSPS) is 9.69. The Bertz CT molecular complexity index is 412. The molecule has 86 valence electrons. The van der Waals surface area contributed by atoms with Gasteiger partial charge in [0.05, 0.1) is 0 Å². The minimum Gasteiger partial charge on any atom is -0.418 e. The van der Waals surface area contributed by atoms with Crippen molar-refractivity contribution < 1.29 is 22.2 Å². The van der Waals surface area contributed by atoms with Crippen LogP contribution in [-0.2, 0) is 0 Å². The van der Waals surface area contributed by atoms with Gasteiger partial charge in [0, 0.05) is 6.07 Å². The molecule has 0 atom stereocenters. The highest BCUT2D eigenvalue weighted by Gasteiger charge is 2.24. The number of pyridine rings is 1. The van der Waals surface area contributed by atoms with Crippen LogP contribution in [0.25, 0.3) is 4.98 Å². The van der Waals surface area contributed by atoms with E-state index < -0.39 is 18.0 Å². The number of aromatic nitrogens is 1. The second kappa shape index (κ2) is 5.59. The third-order valence-corrected chi connectivity index (χ3v) is 1.05. The van der Waals surface area contributed by atoms with Gasteiger partial charge in [-0.1, -0.05) is 0 Å². The van der Waals surface area contributed by atoms with Gasteiger partial charge in [0.2, 0.25) is 5.39 Å². The van der Waals surface area contributed by atoms with Gasteiger partial charge in [-0.05, 0) is 16.0 Å². The molecule has 16 heavy (non-hydrogen) atoms. The second-order valence-electron chi connectivity index (χ2n) is 2.20. The van der Waals surface area contributed by atoms with Crippen molar-refractivity contribution in [3.05, 3.63) is 33.4 Å². The Hall–Kier alpha value is -2.25.